The van der Waals surface area contributed by atoms with E-state index in [0.29, 0.717) is 39.6 Å². The van der Waals surface area contributed by atoms with Gasteiger partial charge in [-0.05, 0) is 0 Å². The normalized spacial score (nSPS) is 10.5. The molecule has 0 radical (unpaired) electrons. The van der Waals surface area contributed by atoms with Crippen LogP contribution in [0, 0.1) is 0 Å². The van der Waals surface area contributed by atoms with E-state index in [1.54, 1.807) is 7.11 Å². The summed E-state index contributed by atoms with van der Waals surface area (Å²) in [7, 11) is 1.61. The van der Waals surface area contributed by atoms with Gasteiger partial charge in [-0.15, -0.1) is 0 Å². The van der Waals surface area contributed by atoms with Crippen molar-refractivity contribution in [2.45, 2.75) is 12.8 Å². The predicted octanol–water partition coefficient (Wildman–Crippen LogP) is 0.0906. The van der Waals surface area contributed by atoms with Crippen LogP contribution in [0.4, 0.5) is 0 Å². The number of hydrogen-bond acceptors (Lipinski definition) is 7. The molecular formula is C13H24O8. The van der Waals surface area contributed by atoms with Crippen LogP contribution in [0.5, 0.6) is 0 Å². The van der Waals surface area contributed by atoms with Crippen molar-refractivity contribution in [3.8, 4) is 0 Å². The molecule has 0 fully saturated rings. The minimum Gasteiger partial charge on any atom is -0.481 e. The zero-order chi connectivity index (χ0) is 15.8. The first-order valence-corrected chi connectivity index (χ1v) is 6.76. The van der Waals surface area contributed by atoms with Gasteiger partial charge in [0.1, 0.15) is 6.61 Å². The van der Waals surface area contributed by atoms with Gasteiger partial charge >= 0.3 is 11.9 Å². The maximum absolute atomic E-state index is 11.0. The summed E-state index contributed by atoms with van der Waals surface area (Å²) >= 11 is 0. The summed E-state index contributed by atoms with van der Waals surface area (Å²) in [5, 5.41) is 8.37. The molecule has 0 spiro atoms. The molecule has 8 heteroatoms. The molecule has 0 aliphatic rings. The maximum Gasteiger partial charge on any atom is 0.306 e. The molecule has 0 rings (SSSR count). The van der Waals surface area contributed by atoms with Crippen LogP contribution < -0.4 is 0 Å². The molecule has 0 amide bonds. The van der Waals surface area contributed by atoms with Gasteiger partial charge in [0.15, 0.2) is 0 Å². The minimum atomic E-state index is -1.02. The van der Waals surface area contributed by atoms with E-state index >= 15 is 0 Å². The van der Waals surface area contributed by atoms with Crippen LogP contribution in [-0.2, 0) is 33.3 Å². The molecule has 0 heterocycles. The summed E-state index contributed by atoms with van der Waals surface area (Å²) in [6, 6.07) is 0. The number of carbonyl (C=O) groups excluding carboxylic acids is 1. The van der Waals surface area contributed by atoms with E-state index in [1.807, 2.05) is 0 Å². The van der Waals surface area contributed by atoms with Crippen molar-refractivity contribution >= 4 is 11.9 Å². The number of aliphatic carboxylic acids is 1. The van der Waals surface area contributed by atoms with E-state index in [2.05, 4.69) is 0 Å². The van der Waals surface area contributed by atoms with E-state index in [1.165, 1.54) is 0 Å². The summed E-state index contributed by atoms with van der Waals surface area (Å²) in [6.45, 7) is 3.29. The highest BCUT2D eigenvalue weighted by Gasteiger charge is 2.05. The SMILES string of the molecule is COCCOCCOCCOCCOC(=O)CCC(=O)O. The van der Waals surface area contributed by atoms with E-state index in [9.17, 15) is 9.59 Å². The molecule has 0 aromatic heterocycles. The summed E-state index contributed by atoms with van der Waals surface area (Å²) < 4.78 is 25.2. The average Bonchev–Trinajstić information content (AvgIpc) is 2.46. The zero-order valence-electron chi connectivity index (χ0n) is 12.4. The number of methoxy groups -OCH3 is 1. The van der Waals surface area contributed by atoms with Crippen LogP contribution in [0.2, 0.25) is 0 Å². The van der Waals surface area contributed by atoms with Crippen LogP contribution in [0.15, 0.2) is 0 Å². The van der Waals surface area contributed by atoms with Crippen LogP contribution in [0.25, 0.3) is 0 Å². The molecule has 0 bridgehead atoms. The fraction of sp³-hybridized carbons (Fsp3) is 0.846. The number of carboxylic acids is 1. The quantitative estimate of drug-likeness (QED) is 0.335. The second kappa shape index (κ2) is 15.2. The Morgan fingerprint density at radius 3 is 1.71 bits per heavy atom. The lowest BCUT2D eigenvalue weighted by molar-refractivity contribution is -0.149. The summed E-state index contributed by atoms with van der Waals surface area (Å²) in [5.74, 6) is -1.56. The van der Waals surface area contributed by atoms with Crippen molar-refractivity contribution in [2.24, 2.45) is 0 Å². The summed E-state index contributed by atoms with van der Waals surface area (Å²) in [5.41, 5.74) is 0. The second-order valence-electron chi connectivity index (χ2n) is 3.94. The van der Waals surface area contributed by atoms with E-state index in [4.69, 9.17) is 28.8 Å². The maximum atomic E-state index is 11.0. The van der Waals surface area contributed by atoms with Gasteiger partial charge in [0.05, 0.1) is 59.1 Å². The number of rotatable bonds is 15. The van der Waals surface area contributed by atoms with Gasteiger partial charge in [-0.3, -0.25) is 9.59 Å². The fourth-order valence-corrected chi connectivity index (χ4v) is 1.18. The third-order valence-electron chi connectivity index (χ3n) is 2.21. The van der Waals surface area contributed by atoms with Gasteiger partial charge in [-0.2, -0.15) is 0 Å². The Morgan fingerprint density at radius 1 is 0.762 bits per heavy atom. The Labute approximate surface area is 124 Å². The molecule has 1 N–H and O–H groups in total. The molecule has 0 aromatic carbocycles. The van der Waals surface area contributed by atoms with Crippen LogP contribution in [0.1, 0.15) is 12.8 Å². The molecular weight excluding hydrogens is 284 g/mol. The van der Waals surface area contributed by atoms with Gasteiger partial charge in [0.2, 0.25) is 0 Å². The number of esters is 1. The largest absolute Gasteiger partial charge is 0.481 e. The first-order valence-electron chi connectivity index (χ1n) is 6.76. The monoisotopic (exact) mass is 308 g/mol. The van der Waals surface area contributed by atoms with E-state index < -0.39 is 11.9 Å². The standard InChI is InChI=1S/C13H24O8/c1-17-4-5-18-6-7-19-8-9-20-10-11-21-13(16)3-2-12(14)15/h2-11H2,1H3,(H,14,15). The molecule has 0 aliphatic heterocycles. The molecule has 21 heavy (non-hydrogen) atoms. The number of carbonyl (C=O) groups is 2. The van der Waals surface area contributed by atoms with Crippen LogP contribution >= 0.6 is 0 Å². The van der Waals surface area contributed by atoms with Gasteiger partial charge in [0, 0.05) is 7.11 Å². The molecule has 0 aromatic rings. The van der Waals surface area contributed by atoms with Crippen molar-refractivity contribution in [1.82, 2.24) is 0 Å². The molecule has 0 atom stereocenters. The first-order chi connectivity index (χ1) is 10.2. The molecule has 124 valence electrons. The van der Waals surface area contributed by atoms with Gasteiger partial charge in [-0.25, -0.2) is 0 Å². The van der Waals surface area contributed by atoms with Crippen LogP contribution in [0.3, 0.4) is 0 Å². The van der Waals surface area contributed by atoms with Crippen molar-refractivity contribution in [2.75, 3.05) is 60.0 Å². The third-order valence-corrected chi connectivity index (χ3v) is 2.21. The zero-order valence-corrected chi connectivity index (χ0v) is 12.4. The van der Waals surface area contributed by atoms with Gasteiger partial charge in [0.25, 0.3) is 0 Å². The van der Waals surface area contributed by atoms with Gasteiger partial charge in [-0.1, -0.05) is 0 Å². The molecule has 0 saturated heterocycles. The Bertz CT molecular complexity index is 269. The average molecular weight is 308 g/mol. The van der Waals surface area contributed by atoms with Crippen molar-refractivity contribution in [1.29, 1.82) is 0 Å². The third kappa shape index (κ3) is 16.7. The number of ether oxygens (including phenoxy) is 5. The van der Waals surface area contributed by atoms with E-state index in [0.717, 1.165) is 0 Å². The number of hydrogen-bond donors (Lipinski definition) is 1. The Kier molecular flexibility index (Phi) is 14.3. The molecule has 0 aliphatic carbocycles. The highest BCUT2D eigenvalue weighted by molar-refractivity contribution is 5.76. The minimum absolute atomic E-state index is 0.110. The van der Waals surface area contributed by atoms with E-state index in [-0.39, 0.29) is 26.1 Å². The topological polar surface area (TPSA) is 101 Å². The first kappa shape index (κ1) is 19.8. The molecule has 8 nitrogen and oxygen atoms in total. The Hall–Kier alpha value is -1.22. The van der Waals surface area contributed by atoms with Crippen molar-refractivity contribution in [3.05, 3.63) is 0 Å². The van der Waals surface area contributed by atoms with Crippen molar-refractivity contribution < 1.29 is 38.4 Å². The van der Waals surface area contributed by atoms with Crippen LogP contribution in [-0.4, -0.2) is 77.0 Å². The Morgan fingerprint density at radius 2 is 1.24 bits per heavy atom. The highest BCUT2D eigenvalue weighted by atomic mass is 16.6. The lowest BCUT2D eigenvalue weighted by Gasteiger charge is -2.07. The second-order valence-corrected chi connectivity index (χ2v) is 3.94. The van der Waals surface area contributed by atoms with Gasteiger partial charge < -0.3 is 28.8 Å². The Balaban J connectivity index is 3.12. The molecule has 0 unspecified atom stereocenters. The number of carboxylic acid groups (broad SMARTS) is 1. The fourth-order valence-electron chi connectivity index (χ4n) is 1.18. The summed E-state index contributed by atoms with van der Waals surface area (Å²) in [6.07, 6.45) is -0.346. The molecule has 0 saturated carbocycles. The lowest BCUT2D eigenvalue weighted by Crippen LogP contribution is -2.14. The van der Waals surface area contributed by atoms with Crippen molar-refractivity contribution in [3.63, 3.8) is 0 Å². The highest BCUT2D eigenvalue weighted by Crippen LogP contribution is 1.93. The smallest absolute Gasteiger partial charge is 0.306 e. The summed E-state index contributed by atoms with van der Waals surface area (Å²) in [4.78, 5) is 21.3. The predicted molar refractivity (Wildman–Crippen MR) is 72.2 cm³/mol. The lowest BCUT2D eigenvalue weighted by atomic mass is 10.3.